The maximum Gasteiger partial charge on any atom is 0.227 e. The molecule has 0 saturated carbocycles. The van der Waals surface area contributed by atoms with Gasteiger partial charge in [-0.1, -0.05) is 146 Å². The molecule has 0 aliphatic heterocycles. The third-order valence-corrected chi connectivity index (χ3v) is 10.3. The molecule has 10 rings (SSSR count). The first-order valence-electron chi connectivity index (χ1n) is 18.3. The van der Waals surface area contributed by atoms with Gasteiger partial charge in [0.1, 0.15) is 5.52 Å². The van der Waals surface area contributed by atoms with Gasteiger partial charge in [-0.25, -0.2) is 4.98 Å². The van der Waals surface area contributed by atoms with E-state index >= 15 is 0 Å². The summed E-state index contributed by atoms with van der Waals surface area (Å²) in [6.07, 6.45) is 0. The van der Waals surface area contributed by atoms with Gasteiger partial charge in [-0.05, 0) is 105 Å². The highest BCUT2D eigenvalue weighted by molar-refractivity contribution is 6.05. The van der Waals surface area contributed by atoms with E-state index in [2.05, 4.69) is 175 Å². The van der Waals surface area contributed by atoms with Gasteiger partial charge in [0.2, 0.25) is 5.89 Å². The van der Waals surface area contributed by atoms with E-state index in [4.69, 9.17) is 9.40 Å². The molecule has 0 atom stereocenters. The zero-order valence-corrected chi connectivity index (χ0v) is 29.4. The number of benzene rings is 9. The maximum atomic E-state index is 6.39. The molecule has 254 valence electrons. The highest BCUT2D eigenvalue weighted by Crippen LogP contribution is 2.42. The molecule has 0 unspecified atom stereocenters. The molecule has 9 aromatic carbocycles. The average molecular weight is 691 g/mol. The van der Waals surface area contributed by atoms with Gasteiger partial charge in [0.25, 0.3) is 0 Å². The molecule has 3 nitrogen and oxygen atoms in total. The summed E-state index contributed by atoms with van der Waals surface area (Å²) in [5.41, 5.74) is 13.0. The van der Waals surface area contributed by atoms with Crippen LogP contribution in [-0.4, -0.2) is 4.98 Å². The summed E-state index contributed by atoms with van der Waals surface area (Å²) < 4.78 is 6.39. The van der Waals surface area contributed by atoms with Crippen molar-refractivity contribution in [3.63, 3.8) is 0 Å². The van der Waals surface area contributed by atoms with Crippen LogP contribution < -0.4 is 4.90 Å². The summed E-state index contributed by atoms with van der Waals surface area (Å²) in [5.74, 6) is 0.637. The van der Waals surface area contributed by atoms with Gasteiger partial charge in [0.15, 0.2) is 5.58 Å². The maximum absolute atomic E-state index is 6.39. The van der Waals surface area contributed by atoms with Crippen LogP contribution in [0.2, 0.25) is 0 Å². The molecule has 0 aliphatic carbocycles. The standard InChI is InChI=1S/C51H34N2O/c1-4-12-35(13-5-1)36-24-28-44(29-25-36)53(49-19-11-10-18-46(49)37-14-6-2-7-15-37)45-30-26-41-32-40(22-23-42(41)33-45)43-21-20-38-27-31-48-50(47(38)34-43)54-51(52-48)39-16-8-3-9-17-39/h1-34H. The first-order chi connectivity index (χ1) is 26.7. The second kappa shape index (κ2) is 13.4. The average Bonchev–Trinajstić information content (AvgIpc) is 3.70. The fraction of sp³-hybridized carbons (Fsp3) is 0. The Balaban J connectivity index is 1.05. The molecule has 0 aliphatic rings. The minimum absolute atomic E-state index is 0.637. The first-order valence-corrected chi connectivity index (χ1v) is 18.3. The van der Waals surface area contributed by atoms with Crippen LogP contribution in [0.5, 0.6) is 0 Å². The Hall–Kier alpha value is -7.23. The van der Waals surface area contributed by atoms with Crippen molar-refractivity contribution in [3.05, 3.63) is 206 Å². The zero-order valence-electron chi connectivity index (χ0n) is 29.4. The summed E-state index contributed by atoms with van der Waals surface area (Å²) in [6.45, 7) is 0. The Morgan fingerprint density at radius 2 is 0.907 bits per heavy atom. The lowest BCUT2D eigenvalue weighted by Crippen LogP contribution is -2.11. The fourth-order valence-corrected chi connectivity index (χ4v) is 7.53. The smallest absolute Gasteiger partial charge is 0.227 e. The van der Waals surface area contributed by atoms with E-state index in [1.54, 1.807) is 0 Å². The van der Waals surface area contributed by atoms with Crippen LogP contribution >= 0.6 is 0 Å². The Labute approximate surface area is 314 Å². The monoisotopic (exact) mass is 690 g/mol. The SMILES string of the molecule is c1ccc(-c2ccc(N(c3ccc4cc(-c5ccc6ccc7nc(-c8ccccc8)oc7c6c5)ccc4c3)c3ccccc3-c3ccccc3)cc2)cc1. The van der Waals surface area contributed by atoms with Crippen LogP contribution in [-0.2, 0) is 0 Å². The molecule has 3 heteroatoms. The van der Waals surface area contributed by atoms with Crippen LogP contribution in [0, 0.1) is 0 Å². The molecule has 54 heavy (non-hydrogen) atoms. The number of rotatable bonds is 7. The third kappa shape index (κ3) is 5.78. The number of para-hydroxylation sites is 1. The number of aromatic nitrogens is 1. The molecule has 0 saturated heterocycles. The van der Waals surface area contributed by atoms with Crippen molar-refractivity contribution in [3.8, 4) is 44.8 Å². The Bertz CT molecular complexity index is 2920. The molecule has 10 aromatic rings. The summed E-state index contributed by atoms with van der Waals surface area (Å²) in [7, 11) is 0. The minimum atomic E-state index is 0.637. The zero-order chi connectivity index (χ0) is 35.8. The van der Waals surface area contributed by atoms with Gasteiger partial charge in [-0.2, -0.15) is 0 Å². The lowest BCUT2D eigenvalue weighted by atomic mass is 9.97. The van der Waals surface area contributed by atoms with Crippen molar-refractivity contribution >= 4 is 49.7 Å². The number of fused-ring (bicyclic) bond motifs is 4. The lowest BCUT2D eigenvalue weighted by molar-refractivity contribution is 0.623. The van der Waals surface area contributed by atoms with Gasteiger partial charge in [0, 0.05) is 27.9 Å². The molecular weight excluding hydrogens is 657 g/mol. The van der Waals surface area contributed by atoms with Crippen molar-refractivity contribution in [1.29, 1.82) is 0 Å². The number of nitrogens with zero attached hydrogens (tertiary/aromatic N) is 2. The van der Waals surface area contributed by atoms with Crippen molar-refractivity contribution < 1.29 is 4.42 Å². The van der Waals surface area contributed by atoms with Gasteiger partial charge in [-0.3, -0.25) is 0 Å². The number of hydrogen-bond donors (Lipinski definition) is 0. The quantitative estimate of drug-likeness (QED) is 0.167. The summed E-state index contributed by atoms with van der Waals surface area (Å²) in [4.78, 5) is 7.19. The predicted molar refractivity (Wildman–Crippen MR) is 225 cm³/mol. The van der Waals surface area contributed by atoms with Crippen molar-refractivity contribution in [2.45, 2.75) is 0 Å². The van der Waals surface area contributed by atoms with E-state index in [0.29, 0.717) is 5.89 Å². The normalized spacial score (nSPS) is 11.3. The van der Waals surface area contributed by atoms with Crippen molar-refractivity contribution in [1.82, 2.24) is 4.98 Å². The van der Waals surface area contributed by atoms with Crippen LogP contribution in [0.25, 0.3) is 77.5 Å². The van der Waals surface area contributed by atoms with Crippen LogP contribution in [0.3, 0.4) is 0 Å². The highest BCUT2D eigenvalue weighted by atomic mass is 16.3. The van der Waals surface area contributed by atoms with E-state index in [1.165, 1.54) is 33.0 Å². The van der Waals surface area contributed by atoms with Gasteiger partial charge in [-0.15, -0.1) is 0 Å². The van der Waals surface area contributed by atoms with Gasteiger partial charge < -0.3 is 9.32 Å². The molecule has 0 N–H and O–H groups in total. The van der Waals surface area contributed by atoms with E-state index < -0.39 is 0 Å². The first kappa shape index (κ1) is 31.5. The van der Waals surface area contributed by atoms with Crippen molar-refractivity contribution in [2.24, 2.45) is 0 Å². The van der Waals surface area contributed by atoms with E-state index in [0.717, 1.165) is 55.6 Å². The molecule has 0 bridgehead atoms. The third-order valence-electron chi connectivity index (χ3n) is 10.3. The van der Waals surface area contributed by atoms with E-state index in [9.17, 15) is 0 Å². The second-order valence-electron chi connectivity index (χ2n) is 13.6. The molecule has 0 fully saturated rings. The summed E-state index contributed by atoms with van der Waals surface area (Å²) in [5, 5.41) is 4.53. The predicted octanol–water partition coefficient (Wildman–Crippen LogP) is 14.3. The van der Waals surface area contributed by atoms with Gasteiger partial charge >= 0.3 is 0 Å². The fourth-order valence-electron chi connectivity index (χ4n) is 7.53. The Morgan fingerprint density at radius 1 is 0.370 bits per heavy atom. The molecule has 0 spiro atoms. The van der Waals surface area contributed by atoms with Crippen LogP contribution in [0.1, 0.15) is 0 Å². The van der Waals surface area contributed by atoms with E-state index in [-0.39, 0.29) is 0 Å². The summed E-state index contributed by atoms with van der Waals surface area (Å²) >= 11 is 0. The molecule has 1 aromatic heterocycles. The van der Waals surface area contributed by atoms with E-state index in [1.807, 2.05) is 36.4 Å². The molecule has 0 amide bonds. The number of anilines is 3. The number of hydrogen-bond acceptors (Lipinski definition) is 3. The Morgan fingerprint density at radius 3 is 1.67 bits per heavy atom. The highest BCUT2D eigenvalue weighted by Gasteiger charge is 2.18. The van der Waals surface area contributed by atoms with Crippen LogP contribution in [0.15, 0.2) is 211 Å². The number of oxazole rings is 1. The molecule has 0 radical (unpaired) electrons. The summed E-state index contributed by atoms with van der Waals surface area (Å²) in [6, 6.07) is 73.1. The molecule has 1 heterocycles. The lowest BCUT2D eigenvalue weighted by Gasteiger charge is -2.28. The van der Waals surface area contributed by atoms with Crippen LogP contribution in [0.4, 0.5) is 17.1 Å². The van der Waals surface area contributed by atoms with Gasteiger partial charge in [0.05, 0.1) is 5.69 Å². The Kier molecular flexibility index (Phi) is 7.81. The largest absolute Gasteiger partial charge is 0.435 e. The topological polar surface area (TPSA) is 29.3 Å². The second-order valence-corrected chi connectivity index (χ2v) is 13.6. The molecular formula is C51H34N2O. The minimum Gasteiger partial charge on any atom is -0.435 e. The van der Waals surface area contributed by atoms with Crippen molar-refractivity contribution in [2.75, 3.05) is 4.90 Å².